The van der Waals surface area contributed by atoms with Crippen molar-refractivity contribution in [1.29, 1.82) is 0 Å². The van der Waals surface area contributed by atoms with Gasteiger partial charge in [-0.3, -0.25) is 5.01 Å². The average Bonchev–Trinajstić information content (AvgIpc) is 2.42. The van der Waals surface area contributed by atoms with Crippen LogP contribution in [0, 0.1) is 0 Å². The molecule has 0 amide bonds. The summed E-state index contributed by atoms with van der Waals surface area (Å²) in [7, 11) is 1.95. The first-order chi connectivity index (χ1) is 8.25. The Hall–Kier alpha value is -2.19. The average molecular weight is 226 g/mol. The van der Waals surface area contributed by atoms with Crippen LogP contribution < -0.4 is 0 Å². The molecule has 0 spiro atoms. The summed E-state index contributed by atoms with van der Waals surface area (Å²) in [5, 5.41) is 13.8. The summed E-state index contributed by atoms with van der Waals surface area (Å²) in [5.74, 6) is 2.74. The van der Waals surface area contributed by atoms with Crippen LogP contribution in [0.3, 0.4) is 0 Å². The Morgan fingerprint density at radius 1 is 1.29 bits per heavy atom. The standard InChI is InChI=1S/C13H14N4/c1-11-8-12(4-3-6-14-15-9-11)13-5-7-17(2)16-10-13/h3-5,8-10H,7H2,1-2H3. The lowest BCUT2D eigenvalue weighted by Gasteiger charge is -2.16. The number of rotatable bonds is 1. The summed E-state index contributed by atoms with van der Waals surface area (Å²) in [6.07, 6.45) is 11.5. The normalized spacial score (nSPS) is 19.2. The zero-order valence-corrected chi connectivity index (χ0v) is 9.96. The Morgan fingerprint density at radius 3 is 2.94 bits per heavy atom. The largest absolute Gasteiger partial charge is 0.296 e. The minimum absolute atomic E-state index is 0.821. The molecule has 2 aliphatic heterocycles. The molecule has 2 heterocycles. The van der Waals surface area contributed by atoms with Crippen LogP contribution in [-0.2, 0) is 0 Å². The fraction of sp³-hybridized carbons (Fsp3) is 0.231. The molecular weight excluding hydrogens is 212 g/mol. The molecule has 86 valence electrons. The number of hydrogen-bond donors (Lipinski definition) is 0. The van der Waals surface area contributed by atoms with Gasteiger partial charge in [-0.15, -0.1) is 5.10 Å². The second kappa shape index (κ2) is 5.23. The highest BCUT2D eigenvalue weighted by atomic mass is 15.4. The predicted octanol–water partition coefficient (Wildman–Crippen LogP) is 1.94. The van der Waals surface area contributed by atoms with Crippen molar-refractivity contribution in [2.24, 2.45) is 15.3 Å². The van der Waals surface area contributed by atoms with Crippen LogP contribution in [-0.4, -0.2) is 36.9 Å². The molecule has 4 heteroatoms. The molecule has 0 aromatic rings. The number of likely N-dealkylation sites (N-methyl/N-ethyl adjacent to an activating group) is 1. The summed E-state index contributed by atoms with van der Waals surface area (Å²) in [4.78, 5) is 0. The molecule has 0 unspecified atom stereocenters. The summed E-state index contributed by atoms with van der Waals surface area (Å²) >= 11 is 0. The fourth-order valence-electron chi connectivity index (χ4n) is 1.51. The zero-order valence-electron chi connectivity index (χ0n) is 9.96. The van der Waals surface area contributed by atoms with E-state index in [1.165, 1.54) is 0 Å². The van der Waals surface area contributed by atoms with Crippen molar-refractivity contribution < 1.29 is 0 Å². The van der Waals surface area contributed by atoms with Crippen molar-refractivity contribution in [1.82, 2.24) is 5.01 Å². The number of allylic oxidation sites excluding steroid dienone is 6. The first-order valence-corrected chi connectivity index (χ1v) is 5.42. The molecule has 0 aliphatic carbocycles. The predicted molar refractivity (Wildman–Crippen MR) is 71.5 cm³/mol. The molecule has 0 fully saturated rings. The van der Waals surface area contributed by atoms with Crippen LogP contribution in [0.2, 0.25) is 0 Å². The minimum atomic E-state index is 0.821. The smallest absolute Gasteiger partial charge is 0.0547 e. The molecule has 0 aromatic carbocycles. The van der Waals surface area contributed by atoms with Gasteiger partial charge in [-0.05, 0) is 35.8 Å². The lowest BCUT2D eigenvalue weighted by Crippen LogP contribution is -2.16. The first kappa shape index (κ1) is 11.3. The Bertz CT molecular complexity index is 512. The van der Waals surface area contributed by atoms with E-state index in [4.69, 9.17) is 0 Å². The van der Waals surface area contributed by atoms with Gasteiger partial charge in [0, 0.05) is 19.0 Å². The Balaban J connectivity index is 2.33. The van der Waals surface area contributed by atoms with Gasteiger partial charge in [-0.2, -0.15) is 10.2 Å². The van der Waals surface area contributed by atoms with E-state index >= 15 is 0 Å². The van der Waals surface area contributed by atoms with E-state index in [1.54, 1.807) is 12.3 Å². The van der Waals surface area contributed by atoms with Gasteiger partial charge < -0.3 is 0 Å². The van der Waals surface area contributed by atoms with Crippen molar-refractivity contribution in [2.45, 2.75) is 6.92 Å². The van der Waals surface area contributed by atoms with Crippen molar-refractivity contribution in [3.05, 3.63) is 41.0 Å². The van der Waals surface area contributed by atoms with Crippen LogP contribution in [0.5, 0.6) is 0 Å². The van der Waals surface area contributed by atoms with Crippen molar-refractivity contribution in [3.63, 3.8) is 0 Å². The first-order valence-electron chi connectivity index (χ1n) is 5.42. The van der Waals surface area contributed by atoms with Crippen LogP contribution in [0.4, 0.5) is 0 Å². The summed E-state index contributed by atoms with van der Waals surface area (Å²) in [6, 6.07) is 0. The van der Waals surface area contributed by atoms with Gasteiger partial charge in [-0.25, -0.2) is 0 Å². The molecule has 2 aliphatic rings. The van der Waals surface area contributed by atoms with Gasteiger partial charge in [0.15, 0.2) is 0 Å². The lowest BCUT2D eigenvalue weighted by atomic mass is 10.0. The lowest BCUT2D eigenvalue weighted by molar-refractivity contribution is 0.392. The van der Waals surface area contributed by atoms with E-state index in [9.17, 15) is 0 Å². The van der Waals surface area contributed by atoms with Gasteiger partial charge in [0.05, 0.1) is 19.0 Å². The third kappa shape index (κ3) is 3.13. The van der Waals surface area contributed by atoms with E-state index in [2.05, 4.69) is 33.3 Å². The van der Waals surface area contributed by atoms with E-state index < -0.39 is 0 Å². The molecule has 0 aromatic heterocycles. The van der Waals surface area contributed by atoms with Crippen molar-refractivity contribution in [2.75, 3.05) is 13.6 Å². The molecule has 0 saturated carbocycles. The third-order valence-electron chi connectivity index (χ3n) is 2.40. The second-order valence-corrected chi connectivity index (χ2v) is 3.89. The summed E-state index contributed by atoms with van der Waals surface area (Å²) in [5.41, 5.74) is 3.25. The van der Waals surface area contributed by atoms with Gasteiger partial charge in [0.2, 0.25) is 0 Å². The molecule has 17 heavy (non-hydrogen) atoms. The fourth-order valence-corrected chi connectivity index (χ4v) is 1.51. The topological polar surface area (TPSA) is 40.3 Å². The number of hydrazone groups is 1. The Kier molecular flexibility index (Phi) is 3.48. The Labute approximate surface area is 101 Å². The molecule has 0 atom stereocenters. The SMILES string of the molecule is CC1=CC(C2=CCN(C)N=C2)=CC=C=NN=C1. The molecule has 0 N–H and O–H groups in total. The highest BCUT2D eigenvalue weighted by molar-refractivity contribution is 5.89. The molecule has 4 nitrogen and oxygen atoms in total. The van der Waals surface area contributed by atoms with Crippen molar-refractivity contribution >= 4 is 18.3 Å². The van der Waals surface area contributed by atoms with Crippen LogP contribution in [0.1, 0.15) is 6.92 Å². The van der Waals surface area contributed by atoms with E-state index in [1.807, 2.05) is 31.3 Å². The highest BCUT2D eigenvalue weighted by Crippen LogP contribution is 2.15. The van der Waals surface area contributed by atoms with Crippen LogP contribution >= 0.6 is 0 Å². The molecule has 2 rings (SSSR count). The maximum Gasteiger partial charge on any atom is 0.0547 e. The minimum Gasteiger partial charge on any atom is -0.296 e. The van der Waals surface area contributed by atoms with Gasteiger partial charge in [0.25, 0.3) is 0 Å². The molecule has 0 bridgehead atoms. The quantitative estimate of drug-likeness (QED) is 0.673. The van der Waals surface area contributed by atoms with E-state index in [-0.39, 0.29) is 0 Å². The third-order valence-corrected chi connectivity index (χ3v) is 2.40. The zero-order chi connectivity index (χ0) is 12.1. The Morgan fingerprint density at radius 2 is 2.18 bits per heavy atom. The summed E-state index contributed by atoms with van der Waals surface area (Å²) < 4.78 is 0. The molecule has 0 radical (unpaired) electrons. The highest BCUT2D eigenvalue weighted by Gasteiger charge is 2.05. The second-order valence-electron chi connectivity index (χ2n) is 3.89. The number of hydrogen-bond acceptors (Lipinski definition) is 4. The van der Waals surface area contributed by atoms with Gasteiger partial charge >= 0.3 is 0 Å². The van der Waals surface area contributed by atoms with Crippen LogP contribution in [0.25, 0.3) is 0 Å². The summed E-state index contributed by atoms with van der Waals surface area (Å²) in [6.45, 7) is 2.81. The van der Waals surface area contributed by atoms with Crippen molar-refractivity contribution in [3.8, 4) is 0 Å². The number of nitrogens with zero attached hydrogens (tertiary/aromatic N) is 4. The van der Waals surface area contributed by atoms with E-state index in [0.717, 1.165) is 23.3 Å². The maximum absolute atomic E-state index is 4.27. The van der Waals surface area contributed by atoms with Gasteiger partial charge in [0.1, 0.15) is 0 Å². The van der Waals surface area contributed by atoms with E-state index in [0.29, 0.717) is 0 Å². The monoisotopic (exact) mass is 226 g/mol. The molecule has 0 saturated heterocycles. The maximum atomic E-state index is 4.27. The van der Waals surface area contributed by atoms with Gasteiger partial charge in [-0.1, -0.05) is 6.08 Å². The van der Waals surface area contributed by atoms with Crippen LogP contribution in [0.15, 0.2) is 56.3 Å². The molecular formula is C13H14N4.